The molecule has 92 valence electrons. The number of phenolic OH excluding ortho intramolecular Hbond substituents is 2. The van der Waals surface area contributed by atoms with Gasteiger partial charge in [-0.3, -0.25) is 10.1 Å². The van der Waals surface area contributed by atoms with Crippen LogP contribution in [0, 0.1) is 10.1 Å². The highest BCUT2D eigenvalue weighted by Gasteiger charge is 2.15. The van der Waals surface area contributed by atoms with E-state index in [-0.39, 0.29) is 17.2 Å². The molecular weight excluding hydrogens is 254 g/mol. The number of benzene rings is 2. The highest BCUT2D eigenvalue weighted by molar-refractivity contribution is 7.99. The second-order valence-corrected chi connectivity index (χ2v) is 4.62. The first-order valence-electron chi connectivity index (χ1n) is 5.00. The molecule has 0 fully saturated rings. The third kappa shape index (κ3) is 2.72. The molecule has 0 aliphatic rings. The molecule has 2 rings (SSSR count). The van der Waals surface area contributed by atoms with Crippen LogP contribution in [0.2, 0.25) is 0 Å². The van der Waals surface area contributed by atoms with Gasteiger partial charge in [0.1, 0.15) is 11.5 Å². The van der Waals surface area contributed by atoms with E-state index >= 15 is 0 Å². The van der Waals surface area contributed by atoms with Crippen molar-refractivity contribution in [2.24, 2.45) is 0 Å². The summed E-state index contributed by atoms with van der Waals surface area (Å²) in [5, 5.41) is 29.3. The van der Waals surface area contributed by atoms with E-state index in [2.05, 4.69) is 0 Å². The van der Waals surface area contributed by atoms with Gasteiger partial charge in [0, 0.05) is 4.90 Å². The summed E-state index contributed by atoms with van der Waals surface area (Å²) >= 11 is 1.20. The molecule has 0 aromatic heterocycles. The molecule has 0 spiro atoms. The molecule has 2 N–H and O–H groups in total. The Morgan fingerprint density at radius 1 is 1.00 bits per heavy atom. The number of hydrogen-bond acceptors (Lipinski definition) is 5. The van der Waals surface area contributed by atoms with E-state index in [9.17, 15) is 15.2 Å². The van der Waals surface area contributed by atoms with Crippen molar-refractivity contribution in [3.63, 3.8) is 0 Å². The highest BCUT2D eigenvalue weighted by atomic mass is 32.2. The highest BCUT2D eigenvalue weighted by Crippen LogP contribution is 2.36. The van der Waals surface area contributed by atoms with Crippen molar-refractivity contribution >= 4 is 17.4 Å². The van der Waals surface area contributed by atoms with Gasteiger partial charge in [-0.15, -0.1) is 0 Å². The van der Waals surface area contributed by atoms with Crippen LogP contribution in [0.1, 0.15) is 0 Å². The van der Waals surface area contributed by atoms with Crippen LogP contribution in [0.5, 0.6) is 11.5 Å². The molecule has 0 aliphatic heterocycles. The zero-order valence-electron chi connectivity index (χ0n) is 9.11. The van der Waals surface area contributed by atoms with Crippen LogP contribution < -0.4 is 0 Å². The number of hydrogen-bond donors (Lipinski definition) is 2. The SMILES string of the molecule is O=[N+]([O-])c1cc(O)ccc1Sc1ccc(O)cc1. The Kier molecular flexibility index (Phi) is 3.38. The van der Waals surface area contributed by atoms with Gasteiger partial charge in [-0.25, -0.2) is 0 Å². The zero-order valence-corrected chi connectivity index (χ0v) is 9.92. The lowest BCUT2D eigenvalue weighted by Gasteiger charge is -2.03. The van der Waals surface area contributed by atoms with E-state index < -0.39 is 4.92 Å². The molecule has 0 unspecified atom stereocenters. The van der Waals surface area contributed by atoms with Crippen molar-refractivity contribution in [1.29, 1.82) is 0 Å². The summed E-state index contributed by atoms with van der Waals surface area (Å²) in [6.45, 7) is 0. The first kappa shape index (κ1) is 12.3. The molecule has 0 amide bonds. The zero-order chi connectivity index (χ0) is 13.1. The van der Waals surface area contributed by atoms with Crippen LogP contribution in [0.3, 0.4) is 0 Å². The molecule has 0 radical (unpaired) electrons. The second kappa shape index (κ2) is 4.97. The minimum Gasteiger partial charge on any atom is -0.508 e. The lowest BCUT2D eigenvalue weighted by atomic mass is 10.3. The molecule has 5 nitrogen and oxygen atoms in total. The van der Waals surface area contributed by atoms with Crippen molar-refractivity contribution in [3.8, 4) is 11.5 Å². The van der Waals surface area contributed by atoms with Crippen LogP contribution in [-0.2, 0) is 0 Å². The molecule has 6 heteroatoms. The second-order valence-electron chi connectivity index (χ2n) is 3.51. The van der Waals surface area contributed by atoms with Crippen molar-refractivity contribution in [3.05, 3.63) is 52.6 Å². The van der Waals surface area contributed by atoms with Gasteiger partial charge < -0.3 is 10.2 Å². The maximum absolute atomic E-state index is 10.9. The molecule has 0 saturated heterocycles. The monoisotopic (exact) mass is 263 g/mol. The number of aromatic hydroxyl groups is 2. The molecule has 0 atom stereocenters. The number of nitro benzene ring substituents is 1. The largest absolute Gasteiger partial charge is 0.508 e. The van der Waals surface area contributed by atoms with Gasteiger partial charge in [-0.2, -0.15) is 0 Å². The molecule has 0 bridgehead atoms. The van der Waals surface area contributed by atoms with E-state index in [1.807, 2.05) is 0 Å². The molecule has 0 aliphatic carbocycles. The van der Waals surface area contributed by atoms with E-state index in [1.165, 1.54) is 36.0 Å². The van der Waals surface area contributed by atoms with E-state index in [1.54, 1.807) is 12.1 Å². The minimum absolute atomic E-state index is 0.138. The first-order chi connectivity index (χ1) is 8.56. The van der Waals surface area contributed by atoms with Crippen LogP contribution >= 0.6 is 11.8 Å². The Balaban J connectivity index is 2.34. The van der Waals surface area contributed by atoms with E-state index in [0.29, 0.717) is 4.90 Å². The smallest absolute Gasteiger partial charge is 0.286 e. The van der Waals surface area contributed by atoms with E-state index in [4.69, 9.17) is 5.11 Å². The standard InChI is InChI=1S/C12H9NO4S/c14-8-1-4-10(5-2-8)18-12-6-3-9(15)7-11(12)13(16)17/h1-7,14-15H. The quantitative estimate of drug-likeness (QED) is 0.656. The Hall–Kier alpha value is -2.21. The summed E-state index contributed by atoms with van der Waals surface area (Å²) in [4.78, 5) is 11.5. The van der Waals surface area contributed by atoms with Crippen molar-refractivity contribution in [1.82, 2.24) is 0 Å². The first-order valence-corrected chi connectivity index (χ1v) is 5.82. The maximum atomic E-state index is 10.9. The van der Waals surface area contributed by atoms with Gasteiger partial charge in [-0.1, -0.05) is 11.8 Å². The number of rotatable bonds is 3. The Labute approximate surface area is 107 Å². The van der Waals surface area contributed by atoms with Gasteiger partial charge in [0.15, 0.2) is 0 Å². The Morgan fingerprint density at radius 3 is 2.22 bits per heavy atom. The summed E-state index contributed by atoms with van der Waals surface area (Å²) in [5.41, 5.74) is -0.145. The van der Waals surface area contributed by atoms with Crippen LogP contribution in [-0.4, -0.2) is 15.1 Å². The average Bonchev–Trinajstić information content (AvgIpc) is 2.34. The maximum Gasteiger partial charge on any atom is 0.286 e. The van der Waals surface area contributed by atoms with Gasteiger partial charge >= 0.3 is 0 Å². The molecule has 0 saturated carbocycles. The van der Waals surface area contributed by atoms with Gasteiger partial charge in [0.25, 0.3) is 5.69 Å². The molecule has 0 heterocycles. The fraction of sp³-hybridized carbons (Fsp3) is 0. The van der Waals surface area contributed by atoms with Crippen molar-refractivity contribution < 1.29 is 15.1 Å². The fourth-order valence-electron chi connectivity index (χ4n) is 1.38. The average molecular weight is 263 g/mol. The topological polar surface area (TPSA) is 83.6 Å². The van der Waals surface area contributed by atoms with Gasteiger partial charge in [0.2, 0.25) is 0 Å². The van der Waals surface area contributed by atoms with Crippen LogP contribution in [0.4, 0.5) is 5.69 Å². The number of nitrogens with zero attached hydrogens (tertiary/aromatic N) is 1. The Morgan fingerprint density at radius 2 is 1.61 bits per heavy atom. The lowest BCUT2D eigenvalue weighted by molar-refractivity contribution is -0.387. The predicted molar refractivity (Wildman–Crippen MR) is 67.0 cm³/mol. The third-order valence-electron chi connectivity index (χ3n) is 2.20. The molecule has 2 aromatic rings. The summed E-state index contributed by atoms with van der Waals surface area (Å²) in [7, 11) is 0. The Bertz CT molecular complexity index is 583. The van der Waals surface area contributed by atoms with Crippen molar-refractivity contribution in [2.45, 2.75) is 9.79 Å². The van der Waals surface area contributed by atoms with Crippen molar-refractivity contribution in [2.75, 3.05) is 0 Å². The molecule has 2 aromatic carbocycles. The summed E-state index contributed by atoms with van der Waals surface area (Å²) < 4.78 is 0. The van der Waals surface area contributed by atoms with Crippen LogP contribution in [0.15, 0.2) is 52.3 Å². The minimum atomic E-state index is -0.539. The fourth-order valence-corrected chi connectivity index (χ4v) is 2.28. The van der Waals surface area contributed by atoms with Gasteiger partial charge in [0.05, 0.1) is 15.9 Å². The predicted octanol–water partition coefficient (Wildman–Crippen LogP) is 3.16. The summed E-state index contributed by atoms with van der Waals surface area (Å²) in [6.07, 6.45) is 0. The summed E-state index contributed by atoms with van der Waals surface area (Å²) in [6, 6.07) is 10.3. The van der Waals surface area contributed by atoms with Gasteiger partial charge in [-0.05, 0) is 36.4 Å². The van der Waals surface area contributed by atoms with Crippen LogP contribution in [0.25, 0.3) is 0 Å². The normalized spacial score (nSPS) is 10.2. The molecule has 18 heavy (non-hydrogen) atoms. The number of nitro groups is 1. The lowest BCUT2D eigenvalue weighted by Crippen LogP contribution is -1.90. The molecular formula is C12H9NO4S. The number of phenols is 2. The summed E-state index contributed by atoms with van der Waals surface area (Å²) in [5.74, 6) is -0.00341. The van der Waals surface area contributed by atoms with E-state index in [0.717, 1.165) is 11.0 Å². The third-order valence-corrected chi connectivity index (χ3v) is 3.28.